The van der Waals surface area contributed by atoms with Gasteiger partial charge < -0.3 is 18.3 Å². The Bertz CT molecular complexity index is 2300. The molecule has 0 saturated heterocycles. The van der Waals surface area contributed by atoms with Crippen LogP contribution in [0.1, 0.15) is 0 Å². The van der Waals surface area contributed by atoms with Gasteiger partial charge in [0.05, 0.1) is 0 Å². The summed E-state index contributed by atoms with van der Waals surface area (Å²) in [5.41, 5.74) is 9.92. The van der Waals surface area contributed by atoms with E-state index in [1.165, 1.54) is 0 Å². The summed E-state index contributed by atoms with van der Waals surface area (Å²) >= 11 is 0. The second-order valence-electron chi connectivity index (χ2n) is 10.4. The molecule has 0 N–H and O–H groups in total. The Morgan fingerprint density at radius 1 is 0.366 bits per heavy atom. The lowest BCUT2D eigenvalue weighted by atomic mass is 9.95. The van der Waals surface area contributed by atoms with Crippen LogP contribution in [0.5, 0.6) is 11.5 Å². The van der Waals surface area contributed by atoms with Gasteiger partial charge in [-0.15, -0.1) is 0 Å². The van der Waals surface area contributed by atoms with Gasteiger partial charge in [0.25, 0.3) is 0 Å². The summed E-state index contributed by atoms with van der Waals surface area (Å²) in [5, 5.41) is 4.47. The number of rotatable bonds is 2. The van der Waals surface area contributed by atoms with E-state index in [1.54, 1.807) is 0 Å². The first-order valence-electron chi connectivity index (χ1n) is 13.7. The summed E-state index contributed by atoms with van der Waals surface area (Å²) in [5.74, 6) is 1.60. The Hall–Kier alpha value is -5.48. The minimum absolute atomic E-state index is 0.152. The van der Waals surface area contributed by atoms with Crippen LogP contribution in [0.4, 0.5) is 0 Å². The van der Waals surface area contributed by atoms with Gasteiger partial charge >= 0.3 is 0 Å². The van der Waals surface area contributed by atoms with Crippen LogP contribution in [-0.4, -0.2) is 6.79 Å². The molecule has 8 aromatic rings. The number of hydrogen-bond donors (Lipinski definition) is 0. The Kier molecular flexibility index (Phi) is 4.64. The molecule has 0 bridgehead atoms. The summed E-state index contributed by atoms with van der Waals surface area (Å²) in [7, 11) is 0. The molecule has 0 spiro atoms. The first kappa shape index (κ1) is 22.3. The molecule has 9 rings (SSSR count). The topological polar surface area (TPSA) is 44.7 Å². The zero-order valence-electron chi connectivity index (χ0n) is 21.9. The summed E-state index contributed by atoms with van der Waals surface area (Å²) in [4.78, 5) is 0. The average Bonchev–Trinajstić information content (AvgIpc) is 3.52. The van der Waals surface area contributed by atoms with Gasteiger partial charge in [-0.05, 0) is 82.9 Å². The molecule has 0 saturated carbocycles. The van der Waals surface area contributed by atoms with Gasteiger partial charge in [0.1, 0.15) is 33.8 Å². The van der Waals surface area contributed by atoms with Crippen molar-refractivity contribution in [3.8, 4) is 44.9 Å². The lowest BCUT2D eigenvalue weighted by Gasteiger charge is -2.11. The molecular weight excluding hydrogens is 508 g/mol. The molecule has 2 aromatic heterocycles. The summed E-state index contributed by atoms with van der Waals surface area (Å²) in [6.07, 6.45) is 0. The Morgan fingerprint density at radius 2 is 0.951 bits per heavy atom. The van der Waals surface area contributed by atoms with Crippen LogP contribution in [-0.2, 0) is 0 Å². The third kappa shape index (κ3) is 3.47. The van der Waals surface area contributed by atoms with Crippen molar-refractivity contribution in [2.24, 2.45) is 0 Å². The number of furan rings is 2. The largest absolute Gasteiger partial charge is 0.457 e. The standard InChI is InChI=1S/C37H22O4/c1-3-7-33-26(5-1)28-13-9-25(20-37(28)41-33)22-11-15-32-30(17-22)29-14-10-24(19-36(29)39-21-38-32)23-12-16-35-31(18-23)27-6-2-4-8-34(27)40-35/h1-20H,21H2. The van der Waals surface area contributed by atoms with E-state index in [4.69, 9.17) is 18.3 Å². The lowest BCUT2D eigenvalue weighted by molar-refractivity contribution is 0.125. The van der Waals surface area contributed by atoms with E-state index in [0.717, 1.165) is 88.8 Å². The van der Waals surface area contributed by atoms with Crippen molar-refractivity contribution in [1.82, 2.24) is 0 Å². The van der Waals surface area contributed by atoms with Crippen LogP contribution in [0.2, 0.25) is 0 Å². The van der Waals surface area contributed by atoms with E-state index in [0.29, 0.717) is 0 Å². The third-order valence-corrected chi connectivity index (χ3v) is 8.10. The molecule has 6 aromatic carbocycles. The molecule has 194 valence electrons. The summed E-state index contributed by atoms with van der Waals surface area (Å²) in [6, 6.07) is 41.7. The lowest BCUT2D eigenvalue weighted by Crippen LogP contribution is -2.03. The number of para-hydroxylation sites is 2. The maximum Gasteiger partial charge on any atom is 0.230 e. The Morgan fingerprint density at radius 3 is 1.83 bits per heavy atom. The van der Waals surface area contributed by atoms with Crippen LogP contribution in [0, 0.1) is 0 Å². The molecular formula is C37H22O4. The maximum absolute atomic E-state index is 6.15. The normalized spacial score (nSPS) is 12.7. The minimum Gasteiger partial charge on any atom is -0.457 e. The molecule has 41 heavy (non-hydrogen) atoms. The van der Waals surface area contributed by atoms with Gasteiger partial charge in [-0.2, -0.15) is 0 Å². The van der Waals surface area contributed by atoms with Gasteiger partial charge in [-0.3, -0.25) is 0 Å². The van der Waals surface area contributed by atoms with E-state index in [-0.39, 0.29) is 6.79 Å². The van der Waals surface area contributed by atoms with Crippen molar-refractivity contribution in [1.29, 1.82) is 0 Å². The van der Waals surface area contributed by atoms with E-state index in [1.807, 2.05) is 48.5 Å². The van der Waals surface area contributed by atoms with Gasteiger partial charge in [0, 0.05) is 32.7 Å². The molecule has 4 nitrogen and oxygen atoms in total. The van der Waals surface area contributed by atoms with E-state index in [9.17, 15) is 0 Å². The van der Waals surface area contributed by atoms with Crippen molar-refractivity contribution in [2.75, 3.05) is 6.79 Å². The van der Waals surface area contributed by atoms with Crippen molar-refractivity contribution >= 4 is 43.9 Å². The molecule has 0 amide bonds. The van der Waals surface area contributed by atoms with E-state index in [2.05, 4.69) is 72.8 Å². The maximum atomic E-state index is 6.15. The van der Waals surface area contributed by atoms with Crippen LogP contribution in [0.15, 0.2) is 130 Å². The predicted octanol–water partition coefficient (Wildman–Crippen LogP) is 10.2. The SMILES string of the molecule is c1ccc2c(c1)oc1cc(-c3ccc4c(c3)-c3ccc(-c5ccc6oc7ccccc7c6c5)cc3OCO4)ccc12. The van der Waals surface area contributed by atoms with Crippen LogP contribution < -0.4 is 9.47 Å². The van der Waals surface area contributed by atoms with Crippen LogP contribution in [0.25, 0.3) is 77.3 Å². The second-order valence-corrected chi connectivity index (χ2v) is 10.4. The van der Waals surface area contributed by atoms with Gasteiger partial charge in [-0.25, -0.2) is 0 Å². The van der Waals surface area contributed by atoms with Crippen LogP contribution >= 0.6 is 0 Å². The first-order valence-corrected chi connectivity index (χ1v) is 13.7. The van der Waals surface area contributed by atoms with Gasteiger partial charge in [-0.1, -0.05) is 60.7 Å². The van der Waals surface area contributed by atoms with Crippen LogP contribution in [0.3, 0.4) is 0 Å². The number of benzene rings is 6. The number of fused-ring (bicyclic) bond motifs is 9. The fourth-order valence-electron chi connectivity index (χ4n) is 6.06. The molecule has 0 aliphatic carbocycles. The quantitative estimate of drug-likeness (QED) is 0.223. The molecule has 4 heteroatoms. The Labute approximate surface area is 235 Å². The number of hydrogen-bond acceptors (Lipinski definition) is 4. The van der Waals surface area contributed by atoms with Crippen molar-refractivity contribution in [2.45, 2.75) is 0 Å². The van der Waals surface area contributed by atoms with Gasteiger partial charge in [0.2, 0.25) is 6.79 Å². The fraction of sp³-hybridized carbons (Fsp3) is 0.0270. The molecule has 0 fully saturated rings. The summed E-state index contributed by atoms with van der Waals surface area (Å²) in [6.45, 7) is 0.152. The monoisotopic (exact) mass is 530 g/mol. The highest BCUT2D eigenvalue weighted by molar-refractivity contribution is 6.07. The highest BCUT2D eigenvalue weighted by Gasteiger charge is 2.19. The molecule has 0 atom stereocenters. The number of ether oxygens (including phenoxy) is 2. The molecule has 0 unspecified atom stereocenters. The minimum atomic E-state index is 0.152. The zero-order valence-corrected chi connectivity index (χ0v) is 21.9. The highest BCUT2D eigenvalue weighted by Crippen LogP contribution is 2.44. The molecule has 1 aliphatic heterocycles. The predicted molar refractivity (Wildman–Crippen MR) is 163 cm³/mol. The molecule has 1 aliphatic rings. The first-order chi connectivity index (χ1) is 20.3. The molecule has 0 radical (unpaired) electrons. The van der Waals surface area contributed by atoms with Crippen molar-refractivity contribution in [3.05, 3.63) is 121 Å². The Balaban J connectivity index is 1.13. The smallest absolute Gasteiger partial charge is 0.230 e. The van der Waals surface area contributed by atoms with Crippen molar-refractivity contribution < 1.29 is 18.3 Å². The van der Waals surface area contributed by atoms with Crippen molar-refractivity contribution in [3.63, 3.8) is 0 Å². The highest BCUT2D eigenvalue weighted by atomic mass is 16.7. The van der Waals surface area contributed by atoms with Gasteiger partial charge in [0.15, 0.2) is 0 Å². The fourth-order valence-corrected chi connectivity index (χ4v) is 6.06. The second kappa shape index (κ2) is 8.51. The van der Waals surface area contributed by atoms with E-state index >= 15 is 0 Å². The average molecular weight is 531 g/mol. The zero-order chi connectivity index (χ0) is 26.9. The van der Waals surface area contributed by atoms with E-state index < -0.39 is 0 Å². The molecule has 3 heterocycles. The third-order valence-electron chi connectivity index (χ3n) is 8.10. The summed E-state index contributed by atoms with van der Waals surface area (Å²) < 4.78 is 24.3.